The Kier molecular flexibility index (Phi) is 3.20. The summed E-state index contributed by atoms with van der Waals surface area (Å²) in [5.74, 6) is -0.414. The Morgan fingerprint density at radius 1 is 0.960 bits per heavy atom. The van der Waals surface area contributed by atoms with Crippen molar-refractivity contribution in [3.8, 4) is 0 Å². The lowest BCUT2D eigenvalue weighted by Crippen LogP contribution is -2.74. The van der Waals surface area contributed by atoms with Gasteiger partial charge in [0, 0.05) is 41.1 Å². The van der Waals surface area contributed by atoms with Gasteiger partial charge in [-0.1, -0.05) is 18.2 Å². The standard InChI is InChI=1S/C17H19N3O5/c21-14(13-4-2-1-3-5-13)18-15-6-12-7-16(9-15,19(22)23)11-17(8-12,10-15)20(24)25/h1-5,12H,6-11H2,(H,18,21). The molecule has 4 bridgehead atoms. The molecule has 1 amide bonds. The first-order valence-electron chi connectivity index (χ1n) is 8.45. The Balaban J connectivity index is 1.71. The summed E-state index contributed by atoms with van der Waals surface area (Å²) in [5.41, 5.74) is -3.00. The van der Waals surface area contributed by atoms with Crippen molar-refractivity contribution in [2.75, 3.05) is 0 Å². The number of hydrogen-bond donors (Lipinski definition) is 1. The third kappa shape index (κ3) is 2.31. The molecule has 0 saturated heterocycles. The van der Waals surface area contributed by atoms with Gasteiger partial charge in [0.15, 0.2) is 0 Å². The van der Waals surface area contributed by atoms with Crippen molar-refractivity contribution < 1.29 is 14.6 Å². The number of carbonyl (C=O) groups excluding carboxylic acids is 1. The molecule has 4 aliphatic rings. The monoisotopic (exact) mass is 345 g/mol. The number of nitrogens with one attached hydrogen (secondary N) is 1. The van der Waals surface area contributed by atoms with Crippen LogP contribution in [0.1, 0.15) is 48.9 Å². The minimum atomic E-state index is -1.30. The first kappa shape index (κ1) is 16.0. The molecular weight excluding hydrogens is 326 g/mol. The van der Waals surface area contributed by atoms with Crippen LogP contribution in [0.25, 0.3) is 0 Å². The lowest BCUT2D eigenvalue weighted by molar-refractivity contribution is -0.645. The number of rotatable bonds is 4. The van der Waals surface area contributed by atoms with Gasteiger partial charge in [0.25, 0.3) is 5.91 Å². The number of carbonyl (C=O) groups is 1. The van der Waals surface area contributed by atoms with Crippen molar-refractivity contribution in [3.05, 3.63) is 56.1 Å². The number of nitro groups is 2. The van der Waals surface area contributed by atoms with E-state index < -0.39 is 16.6 Å². The molecule has 0 spiro atoms. The number of amides is 1. The van der Waals surface area contributed by atoms with Crippen LogP contribution in [-0.2, 0) is 0 Å². The van der Waals surface area contributed by atoms with Crippen LogP contribution in [0.2, 0.25) is 0 Å². The molecule has 1 aromatic carbocycles. The molecule has 0 aromatic heterocycles. The zero-order valence-electron chi connectivity index (χ0n) is 13.6. The van der Waals surface area contributed by atoms with Crippen LogP contribution in [0.15, 0.2) is 30.3 Å². The Morgan fingerprint density at radius 3 is 2.04 bits per heavy atom. The van der Waals surface area contributed by atoms with Crippen LogP contribution in [0.4, 0.5) is 0 Å². The highest BCUT2D eigenvalue weighted by Gasteiger charge is 2.74. The molecule has 5 rings (SSSR count). The Hall–Kier alpha value is -2.51. The zero-order chi connectivity index (χ0) is 17.9. The number of nitrogens with zero attached hydrogens (tertiary/aromatic N) is 2. The second-order valence-electron chi connectivity index (χ2n) is 8.07. The second-order valence-corrected chi connectivity index (χ2v) is 8.07. The Labute approximate surface area is 143 Å². The molecule has 25 heavy (non-hydrogen) atoms. The second kappa shape index (κ2) is 5.00. The molecule has 4 aliphatic carbocycles. The number of benzene rings is 1. The van der Waals surface area contributed by atoms with E-state index in [1.54, 1.807) is 30.3 Å². The lowest BCUT2D eigenvalue weighted by Gasteiger charge is -2.58. The van der Waals surface area contributed by atoms with E-state index >= 15 is 0 Å². The van der Waals surface area contributed by atoms with Crippen LogP contribution < -0.4 is 5.32 Å². The number of hydrogen-bond acceptors (Lipinski definition) is 5. The quantitative estimate of drug-likeness (QED) is 0.663. The van der Waals surface area contributed by atoms with E-state index in [4.69, 9.17) is 0 Å². The van der Waals surface area contributed by atoms with Crippen molar-refractivity contribution in [2.45, 2.75) is 55.1 Å². The minimum absolute atomic E-state index is 0.0283. The van der Waals surface area contributed by atoms with E-state index in [2.05, 4.69) is 5.32 Å². The zero-order valence-corrected chi connectivity index (χ0v) is 13.6. The fourth-order valence-electron chi connectivity index (χ4n) is 5.79. The first-order valence-corrected chi connectivity index (χ1v) is 8.45. The maximum absolute atomic E-state index is 12.6. The van der Waals surface area contributed by atoms with Gasteiger partial charge in [-0.2, -0.15) is 0 Å². The topological polar surface area (TPSA) is 115 Å². The molecule has 2 atom stereocenters. The molecule has 4 fully saturated rings. The van der Waals surface area contributed by atoms with Crippen LogP contribution in [0.5, 0.6) is 0 Å². The molecule has 132 valence electrons. The van der Waals surface area contributed by atoms with Gasteiger partial charge in [0.1, 0.15) is 0 Å². The summed E-state index contributed by atoms with van der Waals surface area (Å²) in [5, 5.41) is 26.5. The van der Waals surface area contributed by atoms with Crippen LogP contribution >= 0.6 is 0 Å². The summed E-state index contributed by atoms with van der Waals surface area (Å²) in [6.45, 7) is 0. The highest BCUT2D eigenvalue weighted by atomic mass is 16.6. The SMILES string of the molecule is O=C(NC12CC3CC([N+](=O)[O-])(C1)CC([N+](=O)[O-])(C3)C2)c1ccccc1. The molecule has 8 heteroatoms. The molecule has 1 N–H and O–H groups in total. The van der Waals surface area contributed by atoms with Crippen LogP contribution in [-0.4, -0.2) is 32.4 Å². The maximum atomic E-state index is 12.6. The van der Waals surface area contributed by atoms with Gasteiger partial charge in [-0.05, 0) is 24.5 Å². The lowest BCUT2D eigenvalue weighted by atomic mass is 9.47. The summed E-state index contributed by atoms with van der Waals surface area (Å²) >= 11 is 0. The van der Waals surface area contributed by atoms with Crippen molar-refractivity contribution in [2.24, 2.45) is 5.92 Å². The summed E-state index contributed by atoms with van der Waals surface area (Å²) in [4.78, 5) is 35.5. The van der Waals surface area contributed by atoms with E-state index in [0.717, 1.165) is 0 Å². The normalized spacial score (nSPS) is 38.3. The predicted molar refractivity (Wildman–Crippen MR) is 87.3 cm³/mol. The summed E-state index contributed by atoms with van der Waals surface area (Å²) in [6.07, 6.45) is 1.66. The van der Waals surface area contributed by atoms with E-state index in [1.807, 2.05) is 0 Å². The summed E-state index contributed by atoms with van der Waals surface area (Å²) < 4.78 is 0. The average Bonchev–Trinajstić information content (AvgIpc) is 2.53. The van der Waals surface area contributed by atoms with Crippen molar-refractivity contribution in [3.63, 3.8) is 0 Å². The minimum Gasteiger partial charge on any atom is -0.346 e. The smallest absolute Gasteiger partial charge is 0.251 e. The molecule has 2 unspecified atom stereocenters. The van der Waals surface area contributed by atoms with E-state index in [9.17, 15) is 25.0 Å². The molecule has 4 saturated carbocycles. The summed E-state index contributed by atoms with van der Waals surface area (Å²) in [6, 6.07) is 8.62. The fraction of sp³-hybridized carbons (Fsp3) is 0.588. The van der Waals surface area contributed by atoms with Crippen molar-refractivity contribution >= 4 is 5.91 Å². The van der Waals surface area contributed by atoms with Gasteiger partial charge < -0.3 is 5.32 Å². The van der Waals surface area contributed by atoms with E-state index in [-0.39, 0.29) is 40.9 Å². The fourth-order valence-corrected chi connectivity index (χ4v) is 5.79. The van der Waals surface area contributed by atoms with Crippen LogP contribution in [0, 0.1) is 26.1 Å². The molecule has 0 radical (unpaired) electrons. The third-order valence-electron chi connectivity index (χ3n) is 6.20. The van der Waals surface area contributed by atoms with E-state index in [1.165, 1.54) is 0 Å². The molecule has 0 heterocycles. The van der Waals surface area contributed by atoms with Crippen LogP contribution in [0.3, 0.4) is 0 Å². The highest BCUT2D eigenvalue weighted by molar-refractivity contribution is 5.94. The van der Waals surface area contributed by atoms with Gasteiger partial charge in [0.05, 0.1) is 12.0 Å². The maximum Gasteiger partial charge on any atom is 0.251 e. The van der Waals surface area contributed by atoms with Gasteiger partial charge in [0.2, 0.25) is 11.1 Å². The Bertz CT molecular complexity index is 735. The van der Waals surface area contributed by atoms with E-state index in [0.29, 0.717) is 24.8 Å². The van der Waals surface area contributed by atoms with Gasteiger partial charge in [-0.3, -0.25) is 25.0 Å². The predicted octanol–water partition coefficient (Wildman–Crippen LogP) is 2.18. The molecule has 1 aromatic rings. The van der Waals surface area contributed by atoms with Crippen molar-refractivity contribution in [1.29, 1.82) is 0 Å². The van der Waals surface area contributed by atoms with Gasteiger partial charge in [-0.15, -0.1) is 0 Å². The molecule has 8 nitrogen and oxygen atoms in total. The Morgan fingerprint density at radius 2 is 1.52 bits per heavy atom. The molecule has 0 aliphatic heterocycles. The van der Waals surface area contributed by atoms with Crippen molar-refractivity contribution in [1.82, 2.24) is 5.32 Å². The summed E-state index contributed by atoms with van der Waals surface area (Å²) in [7, 11) is 0. The van der Waals surface area contributed by atoms with Gasteiger partial charge in [-0.25, -0.2) is 0 Å². The van der Waals surface area contributed by atoms with Gasteiger partial charge >= 0.3 is 0 Å². The third-order valence-corrected chi connectivity index (χ3v) is 6.20. The molecular formula is C17H19N3O5. The first-order chi connectivity index (χ1) is 11.8. The largest absolute Gasteiger partial charge is 0.346 e. The highest BCUT2D eigenvalue weighted by Crippen LogP contribution is 2.61. The average molecular weight is 345 g/mol.